The number of nitrogens with two attached hydrogens (primary N) is 1. The molecule has 2 aromatic heterocycles. The molecule has 1 aromatic carbocycles. The van der Waals surface area contributed by atoms with Crippen molar-refractivity contribution in [2.45, 2.75) is 24.6 Å². The van der Waals surface area contributed by atoms with Crippen LogP contribution in [-0.2, 0) is 13.6 Å². The van der Waals surface area contributed by atoms with Crippen LogP contribution in [0.1, 0.15) is 29.8 Å². The van der Waals surface area contributed by atoms with Crippen LogP contribution in [0.2, 0.25) is 0 Å². The van der Waals surface area contributed by atoms with E-state index in [4.69, 9.17) is 10.5 Å². The summed E-state index contributed by atoms with van der Waals surface area (Å²) < 4.78 is 23.6. The van der Waals surface area contributed by atoms with Gasteiger partial charge in [0.25, 0.3) is 0 Å². The number of hydrogen-bond acceptors (Lipinski definition) is 7. The number of halogens is 1. The molecule has 1 aliphatic rings. The summed E-state index contributed by atoms with van der Waals surface area (Å²) in [5, 5.41) is 14.8. The fourth-order valence-electron chi connectivity index (χ4n) is 3.40. The number of nitriles is 1. The molecule has 3 heterocycles. The van der Waals surface area contributed by atoms with Gasteiger partial charge in [0.2, 0.25) is 0 Å². The summed E-state index contributed by atoms with van der Waals surface area (Å²) >= 11 is 1.42. The van der Waals surface area contributed by atoms with Gasteiger partial charge in [-0.05, 0) is 55.2 Å². The van der Waals surface area contributed by atoms with E-state index in [1.165, 1.54) is 24.1 Å². The first-order chi connectivity index (χ1) is 13.9. The molecule has 1 aliphatic heterocycles. The van der Waals surface area contributed by atoms with E-state index in [-0.39, 0.29) is 11.6 Å². The molecule has 2 bridgehead atoms. The molecular formula is C20H19FN6OS. The van der Waals surface area contributed by atoms with Crippen molar-refractivity contribution in [2.75, 3.05) is 12.8 Å². The van der Waals surface area contributed by atoms with E-state index in [0.29, 0.717) is 34.1 Å². The molecule has 0 spiro atoms. The van der Waals surface area contributed by atoms with Crippen molar-refractivity contribution in [3.05, 3.63) is 53.1 Å². The summed E-state index contributed by atoms with van der Waals surface area (Å²) in [5.74, 6) is 0.277. The Bertz CT molecular complexity index is 1140. The Morgan fingerprint density at radius 2 is 2.14 bits per heavy atom. The van der Waals surface area contributed by atoms with Crippen LogP contribution in [0.3, 0.4) is 0 Å². The van der Waals surface area contributed by atoms with Crippen LogP contribution in [-0.4, -0.2) is 26.1 Å². The lowest BCUT2D eigenvalue weighted by atomic mass is 10.0. The number of hydrogen-bond donors (Lipinski definition) is 1. The number of pyridine rings is 1. The molecular weight excluding hydrogens is 391 g/mol. The third-order valence-corrected chi connectivity index (χ3v) is 5.68. The zero-order valence-electron chi connectivity index (χ0n) is 16.2. The molecule has 0 saturated heterocycles. The molecule has 0 aliphatic carbocycles. The van der Waals surface area contributed by atoms with Crippen molar-refractivity contribution in [3.63, 3.8) is 0 Å². The van der Waals surface area contributed by atoms with Crippen LogP contribution >= 0.6 is 11.9 Å². The topological polar surface area (TPSA) is 93.0 Å². The molecule has 2 N–H and O–H groups in total. The van der Waals surface area contributed by atoms with Gasteiger partial charge >= 0.3 is 0 Å². The fourth-order valence-corrected chi connectivity index (χ4v) is 4.36. The Kier molecular flexibility index (Phi) is 4.90. The minimum Gasteiger partial charge on any atom is -0.482 e. The lowest BCUT2D eigenvalue weighted by Crippen LogP contribution is -2.15. The van der Waals surface area contributed by atoms with Crippen molar-refractivity contribution in [2.24, 2.45) is 7.05 Å². The highest BCUT2D eigenvalue weighted by Gasteiger charge is 2.24. The molecule has 3 aromatic rings. The summed E-state index contributed by atoms with van der Waals surface area (Å²) in [6, 6.07) is 8.64. The SMILES string of the molecule is C[C@H]1Oc2cc(cnc2N)-c2c(nn(C)c2C#N)SN(C)Cc2ccc(F)cc21. The maximum atomic E-state index is 13.9. The smallest absolute Gasteiger partial charge is 0.166 e. The van der Waals surface area contributed by atoms with E-state index >= 15 is 0 Å². The number of benzene rings is 1. The first kappa shape index (κ1) is 19.2. The molecule has 0 saturated carbocycles. The molecule has 0 amide bonds. The molecule has 148 valence electrons. The van der Waals surface area contributed by atoms with Crippen LogP contribution in [0.25, 0.3) is 11.1 Å². The van der Waals surface area contributed by atoms with Gasteiger partial charge in [0.15, 0.2) is 11.6 Å². The van der Waals surface area contributed by atoms with E-state index in [0.717, 1.165) is 11.1 Å². The molecule has 9 heteroatoms. The summed E-state index contributed by atoms with van der Waals surface area (Å²) in [4.78, 5) is 4.25. The second-order valence-corrected chi connectivity index (χ2v) is 8.04. The van der Waals surface area contributed by atoms with Gasteiger partial charge in [0, 0.05) is 25.4 Å². The minimum absolute atomic E-state index is 0.226. The van der Waals surface area contributed by atoms with Gasteiger partial charge < -0.3 is 10.5 Å². The number of anilines is 1. The number of aromatic nitrogens is 3. The molecule has 0 unspecified atom stereocenters. The number of aryl methyl sites for hydroxylation is 1. The number of nitrogen functional groups attached to an aromatic ring is 1. The molecule has 0 fully saturated rings. The van der Waals surface area contributed by atoms with E-state index in [1.807, 2.05) is 18.3 Å². The number of ether oxygens (including phenoxy) is 1. The fraction of sp³-hybridized carbons (Fsp3) is 0.250. The first-order valence-corrected chi connectivity index (χ1v) is 9.71. The summed E-state index contributed by atoms with van der Waals surface area (Å²) in [5.41, 5.74) is 9.48. The number of nitrogens with zero attached hydrogens (tertiary/aromatic N) is 5. The summed E-state index contributed by atoms with van der Waals surface area (Å²) in [6.45, 7) is 2.38. The Morgan fingerprint density at radius 1 is 1.34 bits per heavy atom. The van der Waals surface area contributed by atoms with Crippen LogP contribution in [0.4, 0.5) is 10.2 Å². The Morgan fingerprint density at radius 3 is 2.90 bits per heavy atom. The van der Waals surface area contributed by atoms with Crippen molar-refractivity contribution < 1.29 is 9.13 Å². The highest BCUT2D eigenvalue weighted by molar-refractivity contribution is 7.97. The van der Waals surface area contributed by atoms with Gasteiger partial charge in [-0.2, -0.15) is 10.4 Å². The maximum absolute atomic E-state index is 13.9. The lowest BCUT2D eigenvalue weighted by molar-refractivity contribution is 0.225. The number of rotatable bonds is 0. The average Bonchev–Trinajstić information content (AvgIpc) is 2.98. The van der Waals surface area contributed by atoms with Crippen molar-refractivity contribution in [1.29, 1.82) is 5.26 Å². The van der Waals surface area contributed by atoms with Gasteiger partial charge in [0.1, 0.15) is 28.7 Å². The predicted octanol–water partition coefficient (Wildman–Crippen LogP) is 3.67. The molecule has 1 atom stereocenters. The van der Waals surface area contributed by atoms with Gasteiger partial charge in [-0.1, -0.05) is 6.07 Å². The zero-order chi connectivity index (χ0) is 20.7. The maximum Gasteiger partial charge on any atom is 0.166 e. The normalized spacial score (nSPS) is 16.6. The van der Waals surface area contributed by atoms with Crippen LogP contribution < -0.4 is 10.5 Å². The van der Waals surface area contributed by atoms with Crippen molar-refractivity contribution >= 4 is 17.8 Å². The zero-order valence-corrected chi connectivity index (χ0v) is 17.0. The van der Waals surface area contributed by atoms with Crippen molar-refractivity contribution in [3.8, 4) is 22.9 Å². The summed E-state index contributed by atoms with van der Waals surface area (Å²) in [7, 11) is 3.65. The highest BCUT2D eigenvalue weighted by atomic mass is 32.2. The third kappa shape index (κ3) is 3.52. The Labute approximate surface area is 172 Å². The predicted molar refractivity (Wildman–Crippen MR) is 108 cm³/mol. The van der Waals surface area contributed by atoms with Gasteiger partial charge in [-0.25, -0.2) is 13.7 Å². The van der Waals surface area contributed by atoms with Crippen LogP contribution in [0.15, 0.2) is 35.5 Å². The molecule has 0 radical (unpaired) electrons. The Balaban J connectivity index is 1.93. The standard InChI is InChI=1S/C20H19FN6OS/c1-11-15-7-14(21)5-4-12(15)10-26(2)29-20-18(16(8-22)27(3)25-20)13-6-17(28-11)19(23)24-9-13/h4-7,9,11H,10H2,1-3H3,(H2,23,24)/t11-/m1/s1. The molecule has 7 nitrogen and oxygen atoms in total. The van der Waals surface area contributed by atoms with E-state index in [1.54, 1.807) is 30.1 Å². The highest BCUT2D eigenvalue weighted by Crippen LogP contribution is 2.39. The third-order valence-electron chi connectivity index (χ3n) is 4.78. The van der Waals surface area contributed by atoms with Crippen LogP contribution in [0, 0.1) is 17.1 Å². The summed E-state index contributed by atoms with van der Waals surface area (Å²) in [6.07, 6.45) is 1.16. The van der Waals surface area contributed by atoms with Gasteiger partial charge in [-0.15, -0.1) is 0 Å². The number of fused-ring (bicyclic) bond motifs is 5. The van der Waals surface area contributed by atoms with E-state index < -0.39 is 6.10 Å². The Hall–Kier alpha value is -3.09. The van der Waals surface area contributed by atoms with Gasteiger partial charge in [-0.3, -0.25) is 4.68 Å². The van der Waals surface area contributed by atoms with Gasteiger partial charge in [0.05, 0.1) is 5.56 Å². The van der Waals surface area contributed by atoms with Crippen LogP contribution in [0.5, 0.6) is 5.75 Å². The average molecular weight is 410 g/mol. The first-order valence-electron chi connectivity index (χ1n) is 8.94. The lowest BCUT2D eigenvalue weighted by Gasteiger charge is -2.23. The monoisotopic (exact) mass is 410 g/mol. The molecule has 29 heavy (non-hydrogen) atoms. The largest absolute Gasteiger partial charge is 0.482 e. The minimum atomic E-state index is -0.443. The van der Waals surface area contributed by atoms with E-state index in [2.05, 4.69) is 16.2 Å². The second-order valence-electron chi connectivity index (χ2n) is 6.85. The van der Waals surface area contributed by atoms with Crippen molar-refractivity contribution in [1.82, 2.24) is 19.1 Å². The second kappa shape index (κ2) is 7.39. The quantitative estimate of drug-likeness (QED) is 0.565. The van der Waals surface area contributed by atoms with E-state index in [9.17, 15) is 9.65 Å². The molecule has 4 rings (SSSR count).